The zero-order valence-corrected chi connectivity index (χ0v) is 13.0. The molecule has 112 valence electrons. The van der Waals surface area contributed by atoms with Crippen molar-refractivity contribution in [1.82, 2.24) is 10.3 Å². The second-order valence-electron chi connectivity index (χ2n) is 5.15. The molecule has 1 aromatic carbocycles. The summed E-state index contributed by atoms with van der Waals surface area (Å²) in [6.45, 7) is 3.76. The number of furan rings is 1. The average molecular weight is 315 g/mol. The first-order chi connectivity index (χ1) is 10.6. The lowest BCUT2D eigenvalue weighted by Crippen LogP contribution is -2.26. The van der Waals surface area contributed by atoms with Crippen LogP contribution in [-0.4, -0.2) is 10.9 Å². The van der Waals surface area contributed by atoms with E-state index < -0.39 is 0 Å². The third-order valence-electron chi connectivity index (χ3n) is 3.65. The number of benzene rings is 1. The fourth-order valence-corrected chi connectivity index (χ4v) is 2.62. The summed E-state index contributed by atoms with van der Waals surface area (Å²) in [7, 11) is 0. The Balaban J connectivity index is 1.90. The van der Waals surface area contributed by atoms with Gasteiger partial charge < -0.3 is 9.73 Å². The normalized spacial score (nSPS) is 12.3. The molecule has 0 aliphatic carbocycles. The van der Waals surface area contributed by atoms with E-state index in [1.54, 1.807) is 18.5 Å². The lowest BCUT2D eigenvalue weighted by atomic mass is 10.1. The number of hydrogen-bond donors (Lipinski definition) is 1. The fraction of sp³-hybridized carbons (Fsp3) is 0.176. The lowest BCUT2D eigenvalue weighted by Gasteiger charge is -2.12. The molecule has 2 heterocycles. The van der Waals surface area contributed by atoms with Crippen molar-refractivity contribution in [2.24, 2.45) is 0 Å². The Morgan fingerprint density at radius 3 is 2.82 bits per heavy atom. The van der Waals surface area contributed by atoms with E-state index in [0.717, 1.165) is 16.5 Å². The van der Waals surface area contributed by atoms with Crippen molar-refractivity contribution in [3.63, 3.8) is 0 Å². The van der Waals surface area contributed by atoms with E-state index in [1.165, 1.54) is 0 Å². The first kappa shape index (κ1) is 14.6. The SMILES string of the molecule is Cc1c(C(=O)N[C@H](C)c2cccnc2)oc2c(Cl)cccc12. The molecule has 0 unspecified atom stereocenters. The van der Waals surface area contributed by atoms with Gasteiger partial charge in [0.1, 0.15) is 0 Å². The maximum atomic E-state index is 12.5. The standard InChI is InChI=1S/C17H15ClN2O2/c1-10-13-6-3-7-14(18)16(13)22-15(10)17(21)20-11(2)12-5-4-8-19-9-12/h3-9,11H,1-2H3,(H,20,21)/t11-/m1/s1. The number of pyridine rings is 1. The van der Waals surface area contributed by atoms with Gasteiger partial charge in [-0.25, -0.2) is 0 Å². The first-order valence-electron chi connectivity index (χ1n) is 6.96. The zero-order chi connectivity index (χ0) is 15.7. The topological polar surface area (TPSA) is 55.1 Å². The third kappa shape index (κ3) is 2.57. The lowest BCUT2D eigenvalue weighted by molar-refractivity contribution is 0.0913. The highest BCUT2D eigenvalue weighted by Gasteiger charge is 2.20. The highest BCUT2D eigenvalue weighted by molar-refractivity contribution is 6.35. The van der Waals surface area contributed by atoms with Crippen LogP contribution in [0, 0.1) is 6.92 Å². The van der Waals surface area contributed by atoms with E-state index in [1.807, 2.05) is 38.1 Å². The van der Waals surface area contributed by atoms with Crippen molar-refractivity contribution >= 4 is 28.5 Å². The van der Waals surface area contributed by atoms with E-state index in [-0.39, 0.29) is 11.9 Å². The van der Waals surface area contributed by atoms with Crippen molar-refractivity contribution < 1.29 is 9.21 Å². The number of carbonyl (C=O) groups is 1. The minimum atomic E-state index is -0.263. The van der Waals surface area contributed by atoms with Crippen LogP contribution in [0.4, 0.5) is 0 Å². The molecule has 5 heteroatoms. The van der Waals surface area contributed by atoms with Crippen molar-refractivity contribution in [2.75, 3.05) is 0 Å². The number of aromatic nitrogens is 1. The largest absolute Gasteiger partial charge is 0.449 e. The number of para-hydroxylation sites is 1. The monoisotopic (exact) mass is 314 g/mol. The van der Waals surface area contributed by atoms with E-state index in [2.05, 4.69) is 10.3 Å². The van der Waals surface area contributed by atoms with Crippen LogP contribution in [0.3, 0.4) is 0 Å². The van der Waals surface area contributed by atoms with Crippen LogP contribution in [0.2, 0.25) is 5.02 Å². The molecule has 1 atom stereocenters. The molecular formula is C17H15ClN2O2. The van der Waals surface area contributed by atoms with Crippen LogP contribution >= 0.6 is 11.6 Å². The molecule has 0 spiro atoms. The van der Waals surface area contributed by atoms with Gasteiger partial charge in [-0.1, -0.05) is 29.8 Å². The minimum Gasteiger partial charge on any atom is -0.449 e. The number of amides is 1. The Morgan fingerprint density at radius 2 is 2.14 bits per heavy atom. The highest BCUT2D eigenvalue weighted by Crippen LogP contribution is 2.30. The number of nitrogens with zero attached hydrogens (tertiary/aromatic N) is 1. The van der Waals surface area contributed by atoms with E-state index in [0.29, 0.717) is 16.4 Å². The number of carbonyl (C=O) groups excluding carboxylic acids is 1. The predicted molar refractivity (Wildman–Crippen MR) is 86.1 cm³/mol. The summed E-state index contributed by atoms with van der Waals surface area (Å²) in [4.78, 5) is 16.5. The summed E-state index contributed by atoms with van der Waals surface area (Å²) >= 11 is 6.11. The molecule has 0 saturated heterocycles. The Morgan fingerprint density at radius 1 is 1.32 bits per heavy atom. The maximum absolute atomic E-state index is 12.5. The molecule has 4 nitrogen and oxygen atoms in total. The fourth-order valence-electron chi connectivity index (χ4n) is 2.40. The van der Waals surface area contributed by atoms with Crippen LogP contribution in [0.1, 0.15) is 34.6 Å². The van der Waals surface area contributed by atoms with Gasteiger partial charge in [-0.2, -0.15) is 0 Å². The molecule has 0 aliphatic rings. The molecule has 0 aliphatic heterocycles. The third-order valence-corrected chi connectivity index (χ3v) is 3.95. The second-order valence-corrected chi connectivity index (χ2v) is 5.56. The molecule has 0 saturated carbocycles. The van der Waals surface area contributed by atoms with Crippen LogP contribution < -0.4 is 5.32 Å². The molecule has 0 bridgehead atoms. The molecule has 3 rings (SSSR count). The molecule has 2 aromatic heterocycles. The zero-order valence-electron chi connectivity index (χ0n) is 12.3. The molecule has 0 radical (unpaired) electrons. The summed E-state index contributed by atoms with van der Waals surface area (Å²) in [5.74, 6) is 0.0277. The number of hydrogen-bond acceptors (Lipinski definition) is 3. The van der Waals surface area contributed by atoms with Crippen LogP contribution in [0.5, 0.6) is 0 Å². The van der Waals surface area contributed by atoms with Crippen molar-refractivity contribution in [1.29, 1.82) is 0 Å². The van der Waals surface area contributed by atoms with Gasteiger partial charge in [0.2, 0.25) is 0 Å². The molecule has 1 amide bonds. The number of aryl methyl sites for hydroxylation is 1. The number of halogens is 1. The second kappa shape index (κ2) is 5.81. The van der Waals surface area contributed by atoms with Gasteiger partial charge in [0.15, 0.2) is 11.3 Å². The van der Waals surface area contributed by atoms with Gasteiger partial charge in [-0.05, 0) is 31.5 Å². The molecular weight excluding hydrogens is 300 g/mol. The highest BCUT2D eigenvalue weighted by atomic mass is 35.5. The van der Waals surface area contributed by atoms with Gasteiger partial charge >= 0.3 is 0 Å². The summed E-state index contributed by atoms with van der Waals surface area (Å²) < 4.78 is 5.67. The van der Waals surface area contributed by atoms with Crippen LogP contribution in [-0.2, 0) is 0 Å². The summed E-state index contributed by atoms with van der Waals surface area (Å²) in [5, 5.41) is 4.27. The molecule has 22 heavy (non-hydrogen) atoms. The Bertz CT molecular complexity index is 827. The molecule has 3 aromatic rings. The summed E-state index contributed by atoms with van der Waals surface area (Å²) in [6.07, 6.45) is 3.43. The predicted octanol–water partition coefficient (Wildman–Crippen LogP) is 4.28. The maximum Gasteiger partial charge on any atom is 0.287 e. The average Bonchev–Trinajstić information content (AvgIpc) is 2.87. The van der Waals surface area contributed by atoms with Crippen LogP contribution in [0.15, 0.2) is 47.1 Å². The molecule has 1 N–H and O–H groups in total. The number of fused-ring (bicyclic) bond motifs is 1. The van der Waals surface area contributed by atoms with Gasteiger partial charge in [0.25, 0.3) is 5.91 Å². The van der Waals surface area contributed by atoms with E-state index in [4.69, 9.17) is 16.0 Å². The Labute approximate surface area is 133 Å². The van der Waals surface area contributed by atoms with Gasteiger partial charge in [0.05, 0.1) is 11.1 Å². The van der Waals surface area contributed by atoms with Crippen molar-refractivity contribution in [2.45, 2.75) is 19.9 Å². The number of rotatable bonds is 3. The quantitative estimate of drug-likeness (QED) is 0.785. The first-order valence-corrected chi connectivity index (χ1v) is 7.34. The smallest absolute Gasteiger partial charge is 0.287 e. The van der Waals surface area contributed by atoms with Gasteiger partial charge in [-0.15, -0.1) is 0 Å². The van der Waals surface area contributed by atoms with Crippen LogP contribution in [0.25, 0.3) is 11.0 Å². The summed E-state index contributed by atoms with van der Waals surface area (Å²) in [5.41, 5.74) is 2.26. The minimum absolute atomic E-state index is 0.163. The van der Waals surface area contributed by atoms with Gasteiger partial charge in [-0.3, -0.25) is 9.78 Å². The van der Waals surface area contributed by atoms with Crippen molar-refractivity contribution in [3.8, 4) is 0 Å². The van der Waals surface area contributed by atoms with Gasteiger partial charge in [0, 0.05) is 23.3 Å². The molecule has 0 fully saturated rings. The van der Waals surface area contributed by atoms with E-state index in [9.17, 15) is 4.79 Å². The Hall–Kier alpha value is -2.33. The van der Waals surface area contributed by atoms with Crippen molar-refractivity contribution in [3.05, 3.63) is 64.6 Å². The number of nitrogens with one attached hydrogen (secondary N) is 1. The Kier molecular flexibility index (Phi) is 3.86. The summed E-state index contributed by atoms with van der Waals surface area (Å²) in [6, 6.07) is 9.07. The van der Waals surface area contributed by atoms with E-state index >= 15 is 0 Å².